The Hall–Kier alpha value is -7.98. The van der Waals surface area contributed by atoms with Crippen molar-refractivity contribution < 1.29 is 125 Å². The summed E-state index contributed by atoms with van der Waals surface area (Å²) >= 11 is 38.8. The monoisotopic (exact) mass is 2030 g/mol. The molecule has 0 aliphatic carbocycles. The van der Waals surface area contributed by atoms with Gasteiger partial charge in [-0.3, -0.25) is 19.2 Å². The number of benzene rings is 8. The maximum Gasteiger partial charge on any atom is 1.00 e. The van der Waals surface area contributed by atoms with E-state index >= 15 is 0 Å². The Labute approximate surface area is 754 Å². The van der Waals surface area contributed by atoms with Crippen LogP contribution in [0.5, 0.6) is 46.0 Å². The molecular weight excluding hydrogens is 1970 g/mol. The van der Waals surface area contributed by atoms with Gasteiger partial charge in [0.25, 0.3) is 0 Å². The number of amides is 4. The Morgan fingerprint density at radius 1 is 0.430 bits per heavy atom. The molecule has 4 amide bonds. The van der Waals surface area contributed by atoms with Crippen LogP contribution in [-0.4, -0.2) is 98.7 Å². The van der Waals surface area contributed by atoms with Gasteiger partial charge in [0.05, 0.1) is 87.1 Å². The third-order valence-corrected chi connectivity index (χ3v) is 22.7. The molecule has 4 N–H and O–H groups in total. The number of nitrogens with one attached hydrogen (secondary N) is 4. The molecule has 8 heterocycles. The van der Waals surface area contributed by atoms with E-state index < -0.39 is 96.7 Å². The predicted molar refractivity (Wildman–Crippen MR) is 435 cm³/mol. The number of hydrogen-bond donors (Lipinski definition) is 4. The van der Waals surface area contributed by atoms with Crippen LogP contribution in [0.15, 0.2) is 148 Å². The molecule has 8 aromatic carbocycles. The van der Waals surface area contributed by atoms with E-state index in [0.717, 1.165) is 37.4 Å². The number of carbonyl (C=O) groups excluding carboxylic acids is 4. The summed E-state index contributed by atoms with van der Waals surface area (Å²) in [6, 6.07) is 36.6. The number of aryl methyl sites for hydroxylation is 1. The normalized spacial score (nSPS) is 19.6. The van der Waals surface area contributed by atoms with Gasteiger partial charge in [-0.15, -0.1) is 0 Å². The molecule has 16 rings (SSSR count). The first kappa shape index (κ1) is 98.5. The van der Waals surface area contributed by atoms with Gasteiger partial charge in [-0.05, 0) is 173 Å². The van der Waals surface area contributed by atoms with Gasteiger partial charge in [-0.1, -0.05) is 128 Å². The van der Waals surface area contributed by atoms with Gasteiger partial charge in [-0.2, -0.15) is 57.9 Å². The Morgan fingerprint density at radius 2 is 0.719 bits per heavy atom. The molecule has 121 heavy (non-hydrogen) atoms. The molecule has 0 spiro atoms. The van der Waals surface area contributed by atoms with Crippen LogP contribution in [0.2, 0.25) is 25.1 Å². The number of hydrogen-bond acceptors (Lipinski definition) is 14. The molecule has 0 saturated carbocycles. The first-order valence-electron chi connectivity index (χ1n) is 35.8. The van der Waals surface area contributed by atoms with E-state index in [1.54, 1.807) is 115 Å². The van der Waals surface area contributed by atoms with Gasteiger partial charge in [-0.25, -0.2) is 0 Å². The number of anilines is 4. The number of rotatable bonds is 4. The van der Waals surface area contributed by atoms with Crippen molar-refractivity contribution >= 4 is 146 Å². The van der Waals surface area contributed by atoms with Crippen molar-refractivity contribution in [1.29, 1.82) is 10.5 Å². The van der Waals surface area contributed by atoms with E-state index in [9.17, 15) is 77.1 Å². The van der Waals surface area contributed by atoms with Crippen molar-refractivity contribution in [3.05, 3.63) is 221 Å². The molecule has 4 fully saturated rings. The summed E-state index contributed by atoms with van der Waals surface area (Å²) in [7, 11) is 4.76. The Kier molecular flexibility index (Phi) is 33.5. The van der Waals surface area contributed by atoms with Crippen molar-refractivity contribution in [2.75, 3.05) is 45.8 Å². The fourth-order valence-electron chi connectivity index (χ4n) is 15.5. The number of alkyl halides is 12. The number of nitrogens with zero attached hydrogens (tertiary/aromatic N) is 6. The summed E-state index contributed by atoms with van der Waals surface area (Å²) in [4.78, 5) is 54.4. The third-order valence-electron chi connectivity index (χ3n) is 20.2. The average molecular weight is 2040 g/mol. The number of halogens is 20. The van der Waals surface area contributed by atoms with E-state index in [2.05, 4.69) is 53.1 Å². The van der Waals surface area contributed by atoms with E-state index in [4.69, 9.17) is 98.5 Å². The number of piperidine rings is 4. The first-order valence-corrected chi connectivity index (χ1v) is 43.2. The van der Waals surface area contributed by atoms with Crippen LogP contribution in [-0.2, 0) is 53.6 Å². The second-order valence-corrected chi connectivity index (χ2v) is 31.6. The average Bonchev–Trinajstić information content (AvgIpc) is 1.64. The number of ether oxygens (including phenoxy) is 4. The standard InChI is InChI=1S/C20H15ClF3N3O2.C20H18ClF3N2O2.C19H14BrCl2F3N2O2.C19H15BrClF3N2O2.CN.CH4.CH3.ClH.Cu.Zn/c21-12-4-6-16-15(9-12)27-7-1-2-14(26-19(28)20(22,23)24)18(27)13-5-3-11(10-25)8-17(13)29-16;1-11-4-6-13-17(9-11)28-16-7-5-12(21)10-15(16)26-8-2-3-14(18(13)26)25-19(27)20(22,23)24;20-9-3-4-10-14(8-9)29-13-6-5-11(21)15(22)17(13)27-7-1-2-12(16(10)27)26-18(28)19(23,24)25;20-10-3-5-12-16(8-10)28-15-6-4-11(21)9-14(15)26-7-1-2-13(17(12)26)25-18(27)19(22,23)24;1-2;;;;;/h3-6,8-9,14,18H,1-2,7H2,(H,26,28);4-7,9-10,14,18H,2-3,8H2,1H3,(H,25,27);3-6,8,12,16H,1-2,7H2,(H,26,28);3-6,8-9,13,17H,1-2,7H2,(H,25,27);;1H4;1H3;1H;;/q;;;;-1;;-1;;+1;+2/p-1/t2*14-,18+;12-,16+;13-,17+;;;;;;/m0000....../s1. The van der Waals surface area contributed by atoms with Crippen LogP contribution in [0.3, 0.4) is 0 Å². The fourth-order valence-corrected chi connectivity index (χ4v) is 17.1. The Morgan fingerprint density at radius 3 is 1.06 bits per heavy atom. The largest absolute Gasteiger partial charge is 1.00 e. The first-order chi connectivity index (χ1) is 55.9. The SMILES string of the molecule is C.Cc1ccc2c(c1)Oc1ccc(Cl)cc1N1CCC[C@H](NC(=O)C(F)(F)F)[C@@H]21.N#Cc1ccc2c(c1)Oc1ccc(Cl)cc1N1CCC[C@H](NC(=O)C(F)(F)F)[C@@H]21.O=C(N[C@H]1CCCN2c3c(ccc(Cl)c3Cl)Oc3cc(Br)ccc3[C@H]12)C(F)(F)F.O=C(N[C@H]1CCCN2c3cc(Cl)ccc3Oc3cc(Br)ccc3[C@H]12)C(F)(F)F.[C-]#N.[CH3-].[Cl][Zn+].[Cu+]. The summed E-state index contributed by atoms with van der Waals surface area (Å²) < 4.78 is 181. The van der Waals surface area contributed by atoms with Crippen molar-refractivity contribution in [3.63, 3.8) is 0 Å². The number of nitriles is 1. The molecule has 0 radical (unpaired) electrons. The Balaban J connectivity index is 0.000000196. The molecule has 0 aromatic heterocycles. The van der Waals surface area contributed by atoms with Crippen LogP contribution < -0.4 is 59.8 Å². The molecule has 4 saturated heterocycles. The van der Waals surface area contributed by atoms with Crippen LogP contribution in [0, 0.1) is 37.5 Å². The molecule has 644 valence electrons. The molecular formula is C81H69Br2Cl6CuF12N10O8Zn. The van der Waals surface area contributed by atoms with Crippen LogP contribution in [0.4, 0.5) is 75.4 Å². The van der Waals surface area contributed by atoms with Gasteiger partial charge >= 0.3 is 92.4 Å². The molecule has 8 aromatic rings. The van der Waals surface area contributed by atoms with E-state index in [1.807, 2.05) is 56.9 Å². The molecule has 0 bridgehead atoms. The minimum absolute atomic E-state index is 0. The summed E-state index contributed by atoms with van der Waals surface area (Å²) in [5, 5.41) is 26.2. The molecule has 8 atom stereocenters. The molecule has 0 unspecified atom stereocenters. The van der Waals surface area contributed by atoms with Crippen LogP contribution >= 0.6 is 99.6 Å². The van der Waals surface area contributed by atoms with Gasteiger partial charge < -0.3 is 79.1 Å². The zero-order chi connectivity index (χ0) is 85.8. The van der Waals surface area contributed by atoms with E-state index in [-0.39, 0.29) is 36.9 Å². The van der Waals surface area contributed by atoms with Crippen molar-refractivity contribution in [2.24, 2.45) is 0 Å². The maximum atomic E-state index is 12.9. The van der Waals surface area contributed by atoms with Crippen molar-refractivity contribution in [3.8, 4) is 52.1 Å². The second kappa shape index (κ2) is 41.2. The number of fused-ring (bicyclic) bond motifs is 20. The minimum Gasteiger partial charge on any atom is 1.00 e. The maximum absolute atomic E-state index is 12.9. The summed E-state index contributed by atoms with van der Waals surface area (Å²) in [5.74, 6) is -3.79. The summed E-state index contributed by atoms with van der Waals surface area (Å²) in [5.41, 5.74) is 6.56. The second-order valence-electron chi connectivity index (χ2n) is 27.7. The van der Waals surface area contributed by atoms with Gasteiger partial charge in [0.1, 0.15) is 28.7 Å². The summed E-state index contributed by atoms with van der Waals surface area (Å²) in [6.45, 7) is 8.97. The molecule has 40 heteroatoms. The van der Waals surface area contributed by atoms with Crippen molar-refractivity contribution in [2.45, 2.75) is 139 Å². The minimum atomic E-state index is -4.97. The molecule has 18 nitrogen and oxygen atoms in total. The third kappa shape index (κ3) is 22.4. The zero-order valence-corrected chi connectivity index (χ0v) is 74.0. The van der Waals surface area contributed by atoms with Gasteiger partial charge in [0.2, 0.25) is 0 Å². The van der Waals surface area contributed by atoms with Gasteiger partial charge in [0.15, 0.2) is 23.0 Å². The smallest absolute Gasteiger partial charge is 1.00 e. The van der Waals surface area contributed by atoms with E-state index in [0.29, 0.717) is 189 Å². The van der Waals surface area contributed by atoms with Gasteiger partial charge in [0, 0.05) is 72.4 Å². The quantitative estimate of drug-likeness (QED) is 0.0733. The van der Waals surface area contributed by atoms with E-state index in [1.165, 1.54) is 0 Å². The predicted octanol–water partition coefficient (Wildman–Crippen LogP) is 23.6. The fraction of sp³-hybridized carbons (Fsp3) is 0.321. The number of carbonyl (C=O) groups is 4. The molecule has 8 aliphatic rings. The summed E-state index contributed by atoms with van der Waals surface area (Å²) in [6.07, 6.45) is -15.8. The van der Waals surface area contributed by atoms with Crippen molar-refractivity contribution in [1.82, 2.24) is 21.3 Å². The zero-order valence-electron chi connectivity index (χ0n) is 62.4. The molecule has 8 aliphatic heterocycles. The van der Waals surface area contributed by atoms with Crippen LogP contribution in [0.1, 0.15) is 116 Å². The Bertz CT molecular complexity index is 5050. The topological polar surface area (TPSA) is 214 Å². The van der Waals surface area contributed by atoms with Crippen LogP contribution in [0.25, 0.3) is 0 Å².